The number of carbonyl (C=O) groups excluding carboxylic acids is 3. The molecule has 0 aromatic heterocycles. The maximum Gasteiger partial charge on any atom is 0.309 e. The molecule has 0 amide bonds. The Morgan fingerprint density at radius 2 is 1.26 bits per heavy atom. The SMILES string of the molecule is CCCCC/C=C\C/C=C\CCCCCCCC(=O)OCC(COC(=O)CCC12CC3CC(CC(C3)C1)C2)COC(=O)C1CCN(c2ccccc2)CC1. The number of ether oxygens (including phenoxy) is 3. The number of carbonyl (C=O) groups is 3. The van der Waals surface area contributed by atoms with Crippen molar-refractivity contribution in [1.29, 1.82) is 0 Å². The van der Waals surface area contributed by atoms with Gasteiger partial charge in [0.2, 0.25) is 0 Å². The molecule has 5 fully saturated rings. The highest BCUT2D eigenvalue weighted by molar-refractivity contribution is 5.73. The van der Waals surface area contributed by atoms with Crippen LogP contribution in [0, 0.1) is 35.0 Å². The summed E-state index contributed by atoms with van der Waals surface area (Å²) < 4.78 is 17.3. The molecule has 7 nitrogen and oxygen atoms in total. The molecule has 4 aliphatic carbocycles. The predicted octanol–water partition coefficient (Wildman–Crippen LogP) is 11.0. The topological polar surface area (TPSA) is 82.1 Å². The van der Waals surface area contributed by atoms with E-state index in [2.05, 4.69) is 48.3 Å². The molecule has 6 rings (SSSR count). The second-order valence-electron chi connectivity index (χ2n) is 17.4. The largest absolute Gasteiger partial charge is 0.465 e. The Morgan fingerprint density at radius 1 is 0.704 bits per heavy atom. The van der Waals surface area contributed by atoms with Crippen molar-refractivity contribution in [2.24, 2.45) is 35.0 Å². The monoisotopic (exact) mass is 746 g/mol. The number of para-hydroxylation sites is 1. The summed E-state index contributed by atoms with van der Waals surface area (Å²) in [6.07, 6.45) is 32.8. The maximum absolute atomic E-state index is 13.1. The van der Waals surface area contributed by atoms with Gasteiger partial charge in [0.15, 0.2) is 0 Å². The van der Waals surface area contributed by atoms with E-state index in [1.807, 2.05) is 18.2 Å². The van der Waals surface area contributed by atoms with Crippen molar-refractivity contribution in [3.05, 3.63) is 54.6 Å². The molecule has 0 N–H and O–H groups in total. The lowest BCUT2D eigenvalue weighted by Gasteiger charge is -2.57. The Labute approximate surface area is 327 Å². The molecule has 4 saturated carbocycles. The molecule has 1 aromatic rings. The van der Waals surface area contributed by atoms with Gasteiger partial charge in [-0.25, -0.2) is 0 Å². The van der Waals surface area contributed by atoms with Crippen LogP contribution in [0.25, 0.3) is 0 Å². The number of benzene rings is 1. The number of anilines is 1. The Morgan fingerprint density at radius 3 is 1.89 bits per heavy atom. The van der Waals surface area contributed by atoms with E-state index in [1.54, 1.807) is 0 Å². The quantitative estimate of drug-likeness (QED) is 0.0426. The van der Waals surface area contributed by atoms with Gasteiger partial charge in [-0.1, -0.05) is 81.5 Å². The smallest absolute Gasteiger partial charge is 0.309 e. The summed E-state index contributed by atoms with van der Waals surface area (Å²) in [6.45, 7) is 4.11. The highest BCUT2D eigenvalue weighted by Crippen LogP contribution is 2.61. The van der Waals surface area contributed by atoms with E-state index < -0.39 is 0 Å². The summed E-state index contributed by atoms with van der Waals surface area (Å²) in [4.78, 5) is 41.2. The van der Waals surface area contributed by atoms with E-state index in [1.165, 1.54) is 82.7 Å². The van der Waals surface area contributed by atoms with Crippen LogP contribution in [0.15, 0.2) is 54.6 Å². The van der Waals surface area contributed by atoms with Crippen molar-refractivity contribution in [3.63, 3.8) is 0 Å². The van der Waals surface area contributed by atoms with Gasteiger partial charge in [0, 0.05) is 31.6 Å². The molecule has 1 unspecified atom stereocenters. The molecule has 0 radical (unpaired) electrons. The summed E-state index contributed by atoms with van der Waals surface area (Å²) in [6, 6.07) is 10.3. The summed E-state index contributed by atoms with van der Waals surface area (Å²) >= 11 is 0. The fourth-order valence-electron chi connectivity index (χ4n) is 10.1. The van der Waals surface area contributed by atoms with E-state index in [-0.39, 0.29) is 49.6 Å². The van der Waals surface area contributed by atoms with Crippen LogP contribution in [0.5, 0.6) is 0 Å². The van der Waals surface area contributed by atoms with Crippen LogP contribution in [0.1, 0.15) is 148 Å². The van der Waals surface area contributed by atoms with Crippen molar-refractivity contribution in [2.75, 3.05) is 37.8 Å². The fourth-order valence-corrected chi connectivity index (χ4v) is 10.1. The molecular formula is C47H71NO6. The lowest BCUT2D eigenvalue weighted by molar-refractivity contribution is -0.156. The number of piperidine rings is 1. The van der Waals surface area contributed by atoms with Crippen LogP contribution >= 0.6 is 0 Å². The van der Waals surface area contributed by atoms with Gasteiger partial charge in [-0.05, 0) is 132 Å². The standard InChI is InChI=1S/C47H71NO6/c1-2-3-4-5-6-7-8-9-10-11-12-13-14-15-19-22-44(49)52-35-41(37-54-46(51)42-24-27-48(28-25-42)43-20-17-16-18-21-43)36-53-45(50)23-26-47-32-38-29-39(33-47)31-40(30-38)34-47/h6-7,9-10,16-18,20-21,38-42H,2-5,8,11-15,19,22-37H2,1H3/b7-6-,10-9-. The minimum Gasteiger partial charge on any atom is -0.465 e. The van der Waals surface area contributed by atoms with Gasteiger partial charge < -0.3 is 19.1 Å². The number of nitrogens with zero attached hydrogens (tertiary/aromatic N) is 1. The number of hydrogen-bond donors (Lipinski definition) is 0. The zero-order valence-corrected chi connectivity index (χ0v) is 33.6. The number of esters is 3. The fraction of sp³-hybridized carbons (Fsp3) is 0.723. The van der Waals surface area contributed by atoms with Crippen LogP contribution in [-0.2, 0) is 28.6 Å². The molecular weight excluding hydrogens is 675 g/mol. The third-order valence-corrected chi connectivity index (χ3v) is 12.7. The summed E-state index contributed by atoms with van der Waals surface area (Å²) in [5.74, 6) is 1.40. The van der Waals surface area contributed by atoms with Gasteiger partial charge in [-0.15, -0.1) is 0 Å². The highest BCUT2D eigenvalue weighted by Gasteiger charge is 2.50. The number of allylic oxidation sites excluding steroid dienone is 4. The lowest BCUT2D eigenvalue weighted by atomic mass is 9.48. The second-order valence-corrected chi connectivity index (χ2v) is 17.4. The first-order valence-corrected chi connectivity index (χ1v) is 22.0. The van der Waals surface area contributed by atoms with Gasteiger partial charge in [0.25, 0.3) is 0 Å². The molecule has 300 valence electrons. The van der Waals surface area contributed by atoms with Crippen LogP contribution in [-0.4, -0.2) is 50.8 Å². The van der Waals surface area contributed by atoms with E-state index in [9.17, 15) is 14.4 Å². The lowest BCUT2D eigenvalue weighted by Crippen LogP contribution is -2.46. The average Bonchev–Trinajstić information content (AvgIpc) is 3.18. The van der Waals surface area contributed by atoms with Crippen molar-refractivity contribution >= 4 is 23.6 Å². The van der Waals surface area contributed by atoms with Crippen LogP contribution in [0.3, 0.4) is 0 Å². The molecule has 4 bridgehead atoms. The molecule has 7 heteroatoms. The molecule has 1 saturated heterocycles. The molecule has 1 aliphatic heterocycles. The minimum atomic E-state index is -0.379. The van der Waals surface area contributed by atoms with Crippen LogP contribution in [0.4, 0.5) is 5.69 Å². The van der Waals surface area contributed by atoms with Crippen molar-refractivity contribution < 1.29 is 28.6 Å². The third-order valence-electron chi connectivity index (χ3n) is 12.7. The zero-order valence-electron chi connectivity index (χ0n) is 33.6. The number of hydrogen-bond acceptors (Lipinski definition) is 7. The minimum absolute atomic E-state index is 0.0803. The molecule has 0 spiro atoms. The van der Waals surface area contributed by atoms with E-state index in [0.29, 0.717) is 18.3 Å². The second kappa shape index (κ2) is 23.1. The Bertz CT molecular complexity index is 1280. The first-order valence-electron chi connectivity index (χ1n) is 22.0. The molecule has 54 heavy (non-hydrogen) atoms. The van der Waals surface area contributed by atoms with E-state index in [0.717, 1.165) is 82.2 Å². The van der Waals surface area contributed by atoms with E-state index >= 15 is 0 Å². The summed E-state index contributed by atoms with van der Waals surface area (Å²) in [5, 5.41) is 0. The van der Waals surface area contributed by atoms with Gasteiger partial charge >= 0.3 is 17.9 Å². The highest BCUT2D eigenvalue weighted by atomic mass is 16.6. The van der Waals surface area contributed by atoms with Crippen molar-refractivity contribution in [2.45, 2.75) is 148 Å². The number of unbranched alkanes of at least 4 members (excludes halogenated alkanes) is 8. The first kappa shape index (κ1) is 42.1. The third kappa shape index (κ3) is 14.5. The van der Waals surface area contributed by atoms with Gasteiger partial charge in [-0.2, -0.15) is 0 Å². The van der Waals surface area contributed by atoms with Gasteiger partial charge in [0.1, 0.15) is 19.8 Å². The van der Waals surface area contributed by atoms with Gasteiger partial charge in [-0.3, -0.25) is 14.4 Å². The zero-order chi connectivity index (χ0) is 37.9. The van der Waals surface area contributed by atoms with Crippen LogP contribution in [0.2, 0.25) is 0 Å². The Hall–Kier alpha value is -3.09. The normalized spacial score (nSPS) is 24.3. The molecule has 1 aromatic carbocycles. The van der Waals surface area contributed by atoms with Crippen molar-refractivity contribution in [3.8, 4) is 0 Å². The molecule has 5 aliphatic rings. The Balaban J connectivity index is 0.979. The molecule has 1 atom stereocenters. The predicted molar refractivity (Wildman–Crippen MR) is 217 cm³/mol. The summed E-state index contributed by atoms with van der Waals surface area (Å²) in [5.41, 5.74) is 1.51. The first-order chi connectivity index (χ1) is 26.4. The maximum atomic E-state index is 13.1. The van der Waals surface area contributed by atoms with E-state index in [4.69, 9.17) is 14.2 Å². The van der Waals surface area contributed by atoms with Gasteiger partial charge in [0.05, 0.1) is 11.8 Å². The Kier molecular flexibility index (Phi) is 18.0. The van der Waals surface area contributed by atoms with Crippen LogP contribution < -0.4 is 4.90 Å². The number of rotatable bonds is 25. The van der Waals surface area contributed by atoms with Crippen molar-refractivity contribution in [1.82, 2.24) is 0 Å². The molecule has 1 heterocycles. The average molecular weight is 746 g/mol. The summed E-state index contributed by atoms with van der Waals surface area (Å²) in [7, 11) is 0.